The van der Waals surface area contributed by atoms with E-state index in [1.54, 1.807) is 0 Å². The van der Waals surface area contributed by atoms with Gasteiger partial charge in [-0.15, -0.1) is 0 Å². The number of rotatable bonds is 10. The van der Waals surface area contributed by atoms with Crippen molar-refractivity contribution in [1.29, 1.82) is 0 Å². The SMILES string of the molecule is CCC(C)(CN)COCC(C)(C)COC(=O)C(S)CN. The molecule has 0 amide bonds. The Morgan fingerprint density at radius 2 is 1.80 bits per heavy atom. The lowest BCUT2D eigenvalue weighted by Gasteiger charge is -2.30. The summed E-state index contributed by atoms with van der Waals surface area (Å²) in [5.74, 6) is -0.385. The normalized spacial score (nSPS) is 16.6. The van der Waals surface area contributed by atoms with Crippen LogP contribution in [0.4, 0.5) is 0 Å². The van der Waals surface area contributed by atoms with Crippen LogP contribution in [-0.4, -0.2) is 44.1 Å². The first-order chi connectivity index (χ1) is 9.19. The minimum Gasteiger partial charge on any atom is -0.464 e. The molecule has 5 nitrogen and oxygen atoms in total. The first-order valence-electron chi connectivity index (χ1n) is 7.02. The molecule has 0 fully saturated rings. The van der Waals surface area contributed by atoms with Gasteiger partial charge in [0, 0.05) is 17.4 Å². The Morgan fingerprint density at radius 3 is 2.25 bits per heavy atom. The molecule has 6 heteroatoms. The maximum absolute atomic E-state index is 11.5. The molecule has 2 unspecified atom stereocenters. The minimum atomic E-state index is -0.563. The summed E-state index contributed by atoms with van der Waals surface area (Å²) in [7, 11) is 0. The zero-order valence-corrected chi connectivity index (χ0v) is 14.0. The van der Waals surface area contributed by atoms with Gasteiger partial charge in [0.1, 0.15) is 5.25 Å². The molecule has 4 N–H and O–H groups in total. The first kappa shape index (κ1) is 19.7. The van der Waals surface area contributed by atoms with Gasteiger partial charge in [0.25, 0.3) is 0 Å². The quantitative estimate of drug-likeness (QED) is 0.417. The average Bonchev–Trinajstić information content (AvgIpc) is 2.43. The second kappa shape index (κ2) is 8.87. The number of ether oxygens (including phenoxy) is 2. The van der Waals surface area contributed by atoms with Gasteiger partial charge in [0.05, 0.1) is 19.8 Å². The van der Waals surface area contributed by atoms with Crippen LogP contribution in [0.5, 0.6) is 0 Å². The number of nitrogens with two attached hydrogens (primary N) is 2. The fraction of sp³-hybridized carbons (Fsp3) is 0.929. The molecule has 0 rings (SSSR count). The van der Waals surface area contributed by atoms with E-state index in [2.05, 4.69) is 26.5 Å². The summed E-state index contributed by atoms with van der Waals surface area (Å²) < 4.78 is 10.9. The first-order valence-corrected chi connectivity index (χ1v) is 7.54. The number of hydrogen-bond donors (Lipinski definition) is 3. The summed E-state index contributed by atoms with van der Waals surface area (Å²) in [4.78, 5) is 11.5. The highest BCUT2D eigenvalue weighted by Gasteiger charge is 2.25. The van der Waals surface area contributed by atoms with Crippen molar-refractivity contribution in [3.05, 3.63) is 0 Å². The van der Waals surface area contributed by atoms with E-state index in [4.69, 9.17) is 20.9 Å². The predicted octanol–water partition coefficient (Wildman–Crippen LogP) is 1.20. The van der Waals surface area contributed by atoms with Crippen molar-refractivity contribution in [2.45, 2.75) is 39.4 Å². The third kappa shape index (κ3) is 7.47. The fourth-order valence-electron chi connectivity index (χ4n) is 1.38. The number of esters is 1. The van der Waals surface area contributed by atoms with Gasteiger partial charge >= 0.3 is 5.97 Å². The molecule has 0 saturated carbocycles. The van der Waals surface area contributed by atoms with Gasteiger partial charge in [-0.25, -0.2) is 0 Å². The van der Waals surface area contributed by atoms with Crippen LogP contribution in [0.25, 0.3) is 0 Å². The Morgan fingerprint density at radius 1 is 1.20 bits per heavy atom. The predicted molar refractivity (Wildman–Crippen MR) is 84.8 cm³/mol. The van der Waals surface area contributed by atoms with Crippen LogP contribution in [0, 0.1) is 10.8 Å². The van der Waals surface area contributed by atoms with Crippen molar-refractivity contribution < 1.29 is 14.3 Å². The Hall–Kier alpha value is -0.300. The minimum absolute atomic E-state index is 0.00248. The molecule has 0 aliphatic carbocycles. The summed E-state index contributed by atoms with van der Waals surface area (Å²) in [5, 5.41) is -0.563. The maximum atomic E-state index is 11.5. The van der Waals surface area contributed by atoms with Gasteiger partial charge in [0.15, 0.2) is 0 Å². The lowest BCUT2D eigenvalue weighted by molar-refractivity contribution is -0.147. The Labute approximate surface area is 128 Å². The highest BCUT2D eigenvalue weighted by molar-refractivity contribution is 7.81. The number of carbonyl (C=O) groups is 1. The van der Waals surface area contributed by atoms with Crippen molar-refractivity contribution in [2.24, 2.45) is 22.3 Å². The molecular weight excluding hydrogens is 276 g/mol. The van der Waals surface area contributed by atoms with Crippen molar-refractivity contribution in [2.75, 3.05) is 32.9 Å². The maximum Gasteiger partial charge on any atom is 0.320 e. The standard InChI is InChI=1S/C14H30N2O3S/c1-5-14(4,7-16)10-18-8-13(2,3)9-19-12(17)11(20)6-15/h11,20H,5-10,15-16H2,1-4H3. The molecule has 0 aromatic rings. The molecule has 0 aliphatic rings. The van der Waals surface area contributed by atoms with Crippen LogP contribution >= 0.6 is 12.6 Å². The molecule has 0 aliphatic heterocycles. The van der Waals surface area contributed by atoms with E-state index in [-0.39, 0.29) is 30.0 Å². The molecule has 2 atom stereocenters. The molecule has 0 radical (unpaired) electrons. The van der Waals surface area contributed by atoms with Crippen molar-refractivity contribution in [3.63, 3.8) is 0 Å². The zero-order valence-electron chi connectivity index (χ0n) is 13.1. The Balaban J connectivity index is 4.10. The monoisotopic (exact) mass is 306 g/mol. The molecule has 0 heterocycles. The third-order valence-electron chi connectivity index (χ3n) is 3.39. The van der Waals surface area contributed by atoms with Gasteiger partial charge < -0.3 is 20.9 Å². The highest BCUT2D eigenvalue weighted by Crippen LogP contribution is 2.22. The summed E-state index contributed by atoms with van der Waals surface area (Å²) >= 11 is 4.04. The summed E-state index contributed by atoms with van der Waals surface area (Å²) in [5.41, 5.74) is 10.9. The third-order valence-corrected chi connectivity index (χ3v) is 3.81. The van der Waals surface area contributed by atoms with Crippen molar-refractivity contribution in [1.82, 2.24) is 0 Å². The number of carbonyl (C=O) groups excluding carboxylic acids is 1. The smallest absolute Gasteiger partial charge is 0.320 e. The van der Waals surface area contributed by atoms with Crippen LogP contribution in [0.3, 0.4) is 0 Å². The molecule has 0 saturated heterocycles. The molecule has 0 bridgehead atoms. The van der Waals surface area contributed by atoms with E-state index in [0.717, 1.165) is 6.42 Å². The van der Waals surface area contributed by atoms with Crippen LogP contribution < -0.4 is 11.5 Å². The molecule has 0 aromatic carbocycles. The molecule has 20 heavy (non-hydrogen) atoms. The van der Waals surface area contributed by atoms with Crippen LogP contribution in [0.15, 0.2) is 0 Å². The topological polar surface area (TPSA) is 87.6 Å². The number of thiol groups is 1. The summed E-state index contributed by atoms with van der Waals surface area (Å²) in [6, 6.07) is 0. The highest BCUT2D eigenvalue weighted by atomic mass is 32.1. The lowest BCUT2D eigenvalue weighted by Crippen LogP contribution is -2.35. The second-order valence-electron chi connectivity index (χ2n) is 6.38. The lowest BCUT2D eigenvalue weighted by atomic mass is 9.88. The van der Waals surface area contributed by atoms with Gasteiger partial charge in [-0.05, 0) is 13.0 Å². The van der Waals surface area contributed by atoms with E-state index in [1.165, 1.54) is 0 Å². The molecule has 120 valence electrons. The van der Waals surface area contributed by atoms with E-state index in [0.29, 0.717) is 19.8 Å². The van der Waals surface area contributed by atoms with Crippen LogP contribution in [0.1, 0.15) is 34.1 Å². The number of hydrogen-bond acceptors (Lipinski definition) is 6. The van der Waals surface area contributed by atoms with E-state index in [1.807, 2.05) is 13.8 Å². The van der Waals surface area contributed by atoms with E-state index < -0.39 is 5.25 Å². The van der Waals surface area contributed by atoms with Crippen molar-refractivity contribution >= 4 is 18.6 Å². The van der Waals surface area contributed by atoms with Gasteiger partial charge in [-0.2, -0.15) is 12.6 Å². The molecular formula is C14H30N2O3S. The summed E-state index contributed by atoms with van der Waals surface area (Å²) in [6.07, 6.45) is 0.969. The van der Waals surface area contributed by atoms with Gasteiger partial charge in [0.2, 0.25) is 0 Å². The Bertz CT molecular complexity index is 294. The molecule has 0 spiro atoms. The van der Waals surface area contributed by atoms with Gasteiger partial charge in [-0.3, -0.25) is 4.79 Å². The van der Waals surface area contributed by atoms with Crippen LogP contribution in [0.2, 0.25) is 0 Å². The zero-order chi connectivity index (χ0) is 15.8. The summed E-state index contributed by atoms with van der Waals surface area (Å²) in [6.45, 7) is 10.3. The largest absolute Gasteiger partial charge is 0.464 e. The Kier molecular flexibility index (Phi) is 8.74. The second-order valence-corrected chi connectivity index (χ2v) is 7.01. The average molecular weight is 306 g/mol. The van der Waals surface area contributed by atoms with Crippen molar-refractivity contribution in [3.8, 4) is 0 Å². The van der Waals surface area contributed by atoms with Crippen LogP contribution in [-0.2, 0) is 14.3 Å². The van der Waals surface area contributed by atoms with E-state index >= 15 is 0 Å². The van der Waals surface area contributed by atoms with E-state index in [9.17, 15) is 4.79 Å². The molecule has 0 aromatic heterocycles. The van der Waals surface area contributed by atoms with Gasteiger partial charge in [-0.1, -0.05) is 27.7 Å². The fourth-order valence-corrected chi connectivity index (χ4v) is 1.45.